The van der Waals surface area contributed by atoms with Crippen LogP contribution in [0.5, 0.6) is 0 Å². The maximum atomic E-state index is 13.6. The van der Waals surface area contributed by atoms with Crippen molar-refractivity contribution in [2.75, 3.05) is 23.9 Å². The molecule has 2 aromatic rings. The van der Waals surface area contributed by atoms with E-state index in [-0.39, 0.29) is 29.3 Å². The summed E-state index contributed by atoms with van der Waals surface area (Å²) in [7, 11) is -7.87. The van der Waals surface area contributed by atoms with Crippen molar-refractivity contribution >= 4 is 31.4 Å². The first-order chi connectivity index (χ1) is 13.8. The van der Waals surface area contributed by atoms with Gasteiger partial charge in [0.15, 0.2) is 22.3 Å². The standard InChI is InChI=1S/C17H15F3N4O4S2/c1-29(25,26)15-13(17(18,19)20)8-7-12(14(15)16-21-9-22-23-16)10-3-5-11(6-4-10)24-30(2,27)28/h3-8,24H,9H2,1-2H3. The monoisotopic (exact) mass is 460 g/mol. The molecule has 2 aromatic carbocycles. The molecule has 0 saturated carbocycles. The minimum atomic E-state index is -4.93. The molecule has 0 bridgehead atoms. The highest BCUT2D eigenvalue weighted by Gasteiger charge is 2.39. The lowest BCUT2D eigenvalue weighted by Gasteiger charge is -2.18. The zero-order valence-corrected chi connectivity index (χ0v) is 17.2. The molecule has 1 aliphatic heterocycles. The number of alkyl halides is 3. The molecule has 8 nitrogen and oxygen atoms in total. The predicted molar refractivity (Wildman–Crippen MR) is 105 cm³/mol. The van der Waals surface area contributed by atoms with Gasteiger partial charge in [0, 0.05) is 17.5 Å². The number of halogens is 3. The summed E-state index contributed by atoms with van der Waals surface area (Å²) >= 11 is 0. The fraction of sp³-hybridized carbons (Fsp3) is 0.235. The Morgan fingerprint density at radius 1 is 0.967 bits per heavy atom. The Labute approximate surface area is 170 Å². The highest BCUT2D eigenvalue weighted by atomic mass is 32.2. The van der Waals surface area contributed by atoms with E-state index in [9.17, 15) is 30.0 Å². The second kappa shape index (κ2) is 7.47. The van der Waals surface area contributed by atoms with Crippen LogP contribution in [-0.4, -0.2) is 41.9 Å². The molecular weight excluding hydrogens is 445 g/mol. The van der Waals surface area contributed by atoms with Crippen molar-refractivity contribution in [2.45, 2.75) is 11.1 Å². The lowest BCUT2D eigenvalue weighted by Crippen LogP contribution is -2.17. The van der Waals surface area contributed by atoms with E-state index in [1.54, 1.807) is 0 Å². The summed E-state index contributed by atoms with van der Waals surface area (Å²) in [6, 6.07) is 7.50. The highest BCUT2D eigenvalue weighted by Crippen LogP contribution is 2.40. The molecule has 0 atom stereocenters. The van der Waals surface area contributed by atoms with Gasteiger partial charge < -0.3 is 0 Å². The zero-order chi connectivity index (χ0) is 22.3. The number of anilines is 1. The van der Waals surface area contributed by atoms with Crippen molar-refractivity contribution in [2.24, 2.45) is 15.2 Å². The molecule has 1 heterocycles. The molecule has 0 saturated heterocycles. The number of hydrogen-bond acceptors (Lipinski definition) is 7. The Hall–Kier alpha value is -2.80. The summed E-state index contributed by atoms with van der Waals surface area (Å²) in [5.74, 6) is -0.227. The quantitative estimate of drug-likeness (QED) is 0.736. The molecule has 0 aliphatic carbocycles. The summed E-state index contributed by atoms with van der Waals surface area (Å²) in [6.07, 6.45) is -3.28. The van der Waals surface area contributed by atoms with Gasteiger partial charge in [-0.05, 0) is 29.3 Å². The molecular formula is C17H15F3N4O4S2. The van der Waals surface area contributed by atoms with Crippen LogP contribution in [0.25, 0.3) is 11.1 Å². The zero-order valence-electron chi connectivity index (χ0n) is 15.6. The average molecular weight is 460 g/mol. The number of hydrogen-bond donors (Lipinski definition) is 1. The van der Waals surface area contributed by atoms with E-state index in [0.717, 1.165) is 12.3 Å². The lowest BCUT2D eigenvalue weighted by molar-refractivity contribution is -0.139. The van der Waals surface area contributed by atoms with Crippen LogP contribution in [0.15, 0.2) is 56.5 Å². The van der Waals surface area contributed by atoms with Crippen LogP contribution in [0.1, 0.15) is 11.1 Å². The third-order valence-electron chi connectivity index (χ3n) is 4.01. The van der Waals surface area contributed by atoms with Crippen LogP contribution in [0, 0.1) is 0 Å². The van der Waals surface area contributed by atoms with Gasteiger partial charge in [-0.25, -0.2) is 21.8 Å². The molecule has 0 aromatic heterocycles. The third-order valence-corrected chi connectivity index (χ3v) is 5.78. The van der Waals surface area contributed by atoms with Crippen molar-refractivity contribution in [1.82, 2.24) is 0 Å². The fourth-order valence-corrected chi connectivity index (χ4v) is 4.66. The van der Waals surface area contributed by atoms with E-state index in [0.29, 0.717) is 17.9 Å². The molecule has 1 aliphatic rings. The van der Waals surface area contributed by atoms with Crippen molar-refractivity contribution in [3.8, 4) is 11.1 Å². The fourth-order valence-electron chi connectivity index (χ4n) is 2.94. The molecule has 3 rings (SSSR count). The van der Waals surface area contributed by atoms with Gasteiger partial charge in [0.05, 0.1) is 16.7 Å². The molecule has 0 fully saturated rings. The maximum Gasteiger partial charge on any atom is 0.417 e. The summed E-state index contributed by atoms with van der Waals surface area (Å²) in [4.78, 5) is 2.98. The van der Waals surface area contributed by atoms with Crippen molar-refractivity contribution < 1.29 is 30.0 Å². The van der Waals surface area contributed by atoms with E-state index in [1.165, 1.54) is 24.3 Å². The number of aliphatic imine (C=N–C) groups is 1. The number of azo groups is 1. The van der Waals surface area contributed by atoms with Gasteiger partial charge >= 0.3 is 6.18 Å². The number of nitrogens with one attached hydrogen (secondary N) is 1. The van der Waals surface area contributed by atoms with E-state index >= 15 is 0 Å². The Balaban J connectivity index is 2.29. The summed E-state index contributed by atoms with van der Waals surface area (Å²) in [6.45, 7) is -0.133. The molecule has 160 valence electrons. The summed E-state index contributed by atoms with van der Waals surface area (Å²) < 4.78 is 90.4. The van der Waals surface area contributed by atoms with E-state index in [1.807, 2.05) is 0 Å². The Bertz CT molecular complexity index is 1270. The van der Waals surface area contributed by atoms with Crippen LogP contribution < -0.4 is 4.72 Å². The number of sulfonamides is 1. The first-order valence-electron chi connectivity index (χ1n) is 8.22. The van der Waals surface area contributed by atoms with Crippen LogP contribution in [0.3, 0.4) is 0 Å². The second-order valence-electron chi connectivity index (χ2n) is 6.45. The van der Waals surface area contributed by atoms with E-state index in [4.69, 9.17) is 0 Å². The van der Waals surface area contributed by atoms with Gasteiger partial charge in [0.2, 0.25) is 10.0 Å². The number of benzene rings is 2. The topological polar surface area (TPSA) is 117 Å². The first-order valence-corrected chi connectivity index (χ1v) is 12.0. The number of rotatable bonds is 5. The van der Waals surface area contributed by atoms with E-state index in [2.05, 4.69) is 19.9 Å². The Morgan fingerprint density at radius 3 is 2.07 bits per heavy atom. The molecule has 0 amide bonds. The lowest BCUT2D eigenvalue weighted by atomic mass is 9.96. The number of nitrogens with zero attached hydrogens (tertiary/aromatic N) is 3. The predicted octanol–water partition coefficient (Wildman–Crippen LogP) is 3.32. The summed E-state index contributed by atoms with van der Waals surface area (Å²) in [5.41, 5.74) is -0.932. The normalized spacial score (nSPS) is 14.6. The molecule has 0 spiro atoms. The van der Waals surface area contributed by atoms with Crippen LogP contribution in [0.2, 0.25) is 0 Å². The maximum absolute atomic E-state index is 13.6. The summed E-state index contributed by atoms with van der Waals surface area (Å²) in [5, 5.41) is 7.32. The van der Waals surface area contributed by atoms with Gasteiger partial charge in [-0.15, -0.1) is 5.11 Å². The number of amidine groups is 1. The minimum Gasteiger partial charge on any atom is -0.284 e. The van der Waals surface area contributed by atoms with Crippen molar-refractivity contribution in [3.05, 3.63) is 47.5 Å². The molecule has 30 heavy (non-hydrogen) atoms. The Morgan fingerprint density at radius 2 is 1.60 bits per heavy atom. The van der Waals surface area contributed by atoms with E-state index < -0.39 is 36.5 Å². The highest BCUT2D eigenvalue weighted by molar-refractivity contribution is 7.92. The Kier molecular flexibility index (Phi) is 5.45. The first kappa shape index (κ1) is 21.9. The van der Waals surface area contributed by atoms with Gasteiger partial charge in [0.1, 0.15) is 0 Å². The third kappa shape index (κ3) is 4.67. The van der Waals surface area contributed by atoms with Crippen LogP contribution in [-0.2, 0) is 26.0 Å². The molecule has 0 unspecified atom stereocenters. The molecule has 13 heteroatoms. The average Bonchev–Trinajstić information content (AvgIpc) is 3.12. The van der Waals surface area contributed by atoms with Gasteiger partial charge in [0.25, 0.3) is 0 Å². The van der Waals surface area contributed by atoms with Crippen molar-refractivity contribution in [3.63, 3.8) is 0 Å². The second-order valence-corrected chi connectivity index (χ2v) is 10.2. The number of sulfone groups is 1. The SMILES string of the molecule is CS(=O)(=O)Nc1ccc(-c2ccc(C(F)(F)F)c(S(C)(=O)=O)c2C2=NCN=N2)cc1. The largest absolute Gasteiger partial charge is 0.417 e. The van der Waals surface area contributed by atoms with Gasteiger partial charge in [-0.1, -0.05) is 18.2 Å². The van der Waals surface area contributed by atoms with Crippen LogP contribution >= 0.6 is 0 Å². The molecule has 1 N–H and O–H groups in total. The van der Waals surface area contributed by atoms with Gasteiger partial charge in [-0.3, -0.25) is 4.72 Å². The minimum absolute atomic E-state index is 0.133. The molecule has 0 radical (unpaired) electrons. The van der Waals surface area contributed by atoms with Crippen molar-refractivity contribution in [1.29, 1.82) is 0 Å². The smallest absolute Gasteiger partial charge is 0.284 e. The van der Waals surface area contributed by atoms with Crippen LogP contribution in [0.4, 0.5) is 18.9 Å². The van der Waals surface area contributed by atoms with Gasteiger partial charge in [-0.2, -0.15) is 18.3 Å².